The molecule has 0 atom stereocenters. The van der Waals surface area contributed by atoms with Gasteiger partial charge in [0.15, 0.2) is 0 Å². The van der Waals surface area contributed by atoms with E-state index >= 15 is 0 Å². The van der Waals surface area contributed by atoms with Crippen LogP contribution in [0.15, 0.2) is 247 Å². The van der Waals surface area contributed by atoms with E-state index in [2.05, 4.69) is 246 Å². The van der Waals surface area contributed by atoms with Crippen LogP contribution in [-0.4, -0.2) is 4.57 Å². The summed E-state index contributed by atoms with van der Waals surface area (Å²) >= 11 is 0. The zero-order valence-corrected chi connectivity index (χ0v) is 35.9. The molecule has 1 aliphatic rings. The van der Waals surface area contributed by atoms with E-state index in [-0.39, 0.29) is 0 Å². The summed E-state index contributed by atoms with van der Waals surface area (Å²) in [5.74, 6) is 0. The van der Waals surface area contributed by atoms with Gasteiger partial charge >= 0.3 is 0 Å². The first-order chi connectivity index (χ1) is 32.7. The molecule has 0 unspecified atom stereocenters. The Morgan fingerprint density at radius 3 is 1.68 bits per heavy atom. The minimum Gasteiger partial charge on any atom is -0.456 e. The van der Waals surface area contributed by atoms with Crippen LogP contribution >= 0.6 is 0 Å². The lowest BCUT2D eigenvalue weighted by molar-refractivity contribution is 0.669. The number of nitrogens with zero attached hydrogens (tertiary/aromatic N) is 2. The van der Waals surface area contributed by atoms with Crippen molar-refractivity contribution in [3.8, 4) is 16.8 Å². The Bertz CT molecular complexity index is 4020. The van der Waals surface area contributed by atoms with E-state index in [1.807, 2.05) is 6.07 Å². The number of rotatable bonds is 6. The van der Waals surface area contributed by atoms with Crippen molar-refractivity contribution >= 4 is 82.4 Å². The molecule has 308 valence electrons. The van der Waals surface area contributed by atoms with E-state index < -0.39 is 5.41 Å². The van der Waals surface area contributed by atoms with Crippen molar-refractivity contribution in [3.63, 3.8) is 0 Å². The predicted octanol–water partition coefficient (Wildman–Crippen LogP) is 16.8. The first-order valence-corrected chi connectivity index (χ1v) is 22.7. The van der Waals surface area contributed by atoms with Gasteiger partial charge in [0.25, 0.3) is 0 Å². The maximum atomic E-state index is 6.58. The first-order valence-electron chi connectivity index (χ1n) is 22.7. The zero-order valence-electron chi connectivity index (χ0n) is 35.9. The minimum atomic E-state index is -0.528. The minimum absolute atomic E-state index is 0.528. The SMILES string of the molecule is c1ccc(-n2c3ccc(N(c4ccc5c(c4)oc4ccccc45)c4cc5ccccc5c5ccccc45)cc3c3cc(C4(c5ccccc5)c5ccccc5-c5ccccc54)ccc32)cc1. The van der Waals surface area contributed by atoms with E-state index in [0.717, 1.165) is 55.7 Å². The van der Waals surface area contributed by atoms with Crippen molar-refractivity contribution in [2.75, 3.05) is 4.90 Å². The number of hydrogen-bond donors (Lipinski definition) is 0. The zero-order chi connectivity index (χ0) is 43.3. The summed E-state index contributed by atoms with van der Waals surface area (Å²) in [6, 6.07) is 89.0. The molecule has 0 saturated carbocycles. The molecule has 0 radical (unpaired) electrons. The van der Waals surface area contributed by atoms with Crippen LogP contribution in [0.25, 0.3) is 82.1 Å². The van der Waals surface area contributed by atoms with E-state index in [9.17, 15) is 0 Å². The Hall–Kier alpha value is -8.66. The van der Waals surface area contributed by atoms with Gasteiger partial charge in [0, 0.05) is 50.1 Å². The van der Waals surface area contributed by atoms with E-state index in [1.54, 1.807) is 0 Å². The fourth-order valence-corrected chi connectivity index (χ4v) is 11.5. The molecule has 14 rings (SSSR count). The molecule has 3 nitrogen and oxygen atoms in total. The number of benzene rings is 11. The smallest absolute Gasteiger partial charge is 0.137 e. The highest BCUT2D eigenvalue weighted by atomic mass is 16.3. The molecule has 2 aromatic heterocycles. The number of fused-ring (bicyclic) bond motifs is 12. The summed E-state index contributed by atoms with van der Waals surface area (Å²) in [7, 11) is 0. The summed E-state index contributed by atoms with van der Waals surface area (Å²) in [5.41, 5.74) is 15.5. The fraction of sp³-hybridized carbons (Fsp3) is 0.0159. The van der Waals surface area contributed by atoms with Gasteiger partial charge < -0.3 is 13.9 Å². The van der Waals surface area contributed by atoms with Crippen LogP contribution in [0.3, 0.4) is 0 Å². The molecule has 66 heavy (non-hydrogen) atoms. The van der Waals surface area contributed by atoms with Gasteiger partial charge in [-0.1, -0.05) is 170 Å². The average Bonchev–Trinajstić information content (AvgIpc) is 4.03. The van der Waals surface area contributed by atoms with Crippen LogP contribution < -0.4 is 4.90 Å². The van der Waals surface area contributed by atoms with Crippen molar-refractivity contribution < 1.29 is 4.42 Å². The van der Waals surface area contributed by atoms with Crippen molar-refractivity contribution in [2.24, 2.45) is 0 Å². The standard InChI is InChI=1S/C63H40N2O/c1-3-18-42(19-4-1)63(56-28-14-11-24-49(56)50-25-12-15-29-57(50)63)43-31-35-58-54(38-43)55-39-45(33-36-59(55)65(58)44-20-5-2-6-21-44)64(46-32-34-53-52-27-13-16-30-61(52)66-62(53)40-46)60-37-41-17-7-8-22-47(41)48-23-9-10-26-51(48)60/h1-40H. The Morgan fingerprint density at radius 1 is 0.348 bits per heavy atom. The lowest BCUT2D eigenvalue weighted by Gasteiger charge is -2.34. The van der Waals surface area contributed by atoms with Gasteiger partial charge in [-0.3, -0.25) is 0 Å². The van der Waals surface area contributed by atoms with Gasteiger partial charge in [-0.15, -0.1) is 0 Å². The van der Waals surface area contributed by atoms with Crippen LogP contribution in [0, 0.1) is 0 Å². The molecule has 0 amide bonds. The highest BCUT2D eigenvalue weighted by molar-refractivity contribution is 6.16. The summed E-state index contributed by atoms with van der Waals surface area (Å²) in [4.78, 5) is 2.44. The quantitative estimate of drug-likeness (QED) is 0.156. The van der Waals surface area contributed by atoms with Gasteiger partial charge in [0.05, 0.1) is 22.1 Å². The third-order valence-corrected chi connectivity index (χ3v) is 14.2. The van der Waals surface area contributed by atoms with Crippen LogP contribution in [0.1, 0.15) is 22.3 Å². The largest absolute Gasteiger partial charge is 0.456 e. The summed E-state index contributed by atoms with van der Waals surface area (Å²) in [6.07, 6.45) is 0. The van der Waals surface area contributed by atoms with E-state index in [1.165, 1.54) is 65.7 Å². The number of para-hydroxylation sites is 2. The third kappa shape index (κ3) is 5.20. The lowest BCUT2D eigenvalue weighted by Crippen LogP contribution is -2.28. The van der Waals surface area contributed by atoms with Crippen LogP contribution in [0.4, 0.5) is 17.1 Å². The highest BCUT2D eigenvalue weighted by Gasteiger charge is 2.46. The fourth-order valence-electron chi connectivity index (χ4n) is 11.5. The molecule has 13 aromatic rings. The summed E-state index contributed by atoms with van der Waals surface area (Å²) in [6.45, 7) is 0. The highest BCUT2D eigenvalue weighted by Crippen LogP contribution is 2.57. The summed E-state index contributed by atoms with van der Waals surface area (Å²) < 4.78 is 9.01. The van der Waals surface area contributed by atoms with E-state index in [4.69, 9.17) is 4.42 Å². The second-order valence-corrected chi connectivity index (χ2v) is 17.6. The number of hydrogen-bond acceptors (Lipinski definition) is 2. The van der Waals surface area contributed by atoms with Crippen molar-refractivity contribution in [2.45, 2.75) is 5.41 Å². The average molecular weight is 841 g/mol. The van der Waals surface area contributed by atoms with Crippen LogP contribution in [-0.2, 0) is 5.41 Å². The third-order valence-electron chi connectivity index (χ3n) is 14.2. The Balaban J connectivity index is 1.08. The van der Waals surface area contributed by atoms with Crippen molar-refractivity contribution in [1.82, 2.24) is 4.57 Å². The molecule has 0 saturated heterocycles. The monoisotopic (exact) mass is 840 g/mol. The topological polar surface area (TPSA) is 21.3 Å². The van der Waals surface area contributed by atoms with Gasteiger partial charge in [-0.25, -0.2) is 0 Å². The lowest BCUT2D eigenvalue weighted by atomic mass is 9.67. The maximum Gasteiger partial charge on any atom is 0.137 e. The van der Waals surface area contributed by atoms with Crippen molar-refractivity contribution in [1.29, 1.82) is 0 Å². The normalized spacial score (nSPS) is 13.0. The predicted molar refractivity (Wildman–Crippen MR) is 275 cm³/mol. The van der Waals surface area contributed by atoms with Crippen LogP contribution in [0.5, 0.6) is 0 Å². The molecule has 2 heterocycles. The van der Waals surface area contributed by atoms with Gasteiger partial charge in [-0.05, 0) is 116 Å². The van der Waals surface area contributed by atoms with Gasteiger partial charge in [0.1, 0.15) is 11.2 Å². The maximum absolute atomic E-state index is 6.58. The Morgan fingerprint density at radius 2 is 0.909 bits per heavy atom. The second kappa shape index (κ2) is 14.2. The number of anilines is 3. The molecule has 0 aliphatic heterocycles. The first kappa shape index (κ1) is 36.8. The molecular weight excluding hydrogens is 801 g/mol. The number of aromatic nitrogens is 1. The molecular formula is C63H40N2O. The molecule has 0 spiro atoms. The van der Waals surface area contributed by atoms with Crippen molar-refractivity contribution in [3.05, 3.63) is 265 Å². The molecule has 11 aromatic carbocycles. The molecule has 3 heteroatoms. The Kier molecular flexibility index (Phi) is 7.90. The molecule has 0 N–H and O–H groups in total. The molecule has 0 fully saturated rings. The second-order valence-electron chi connectivity index (χ2n) is 17.6. The Labute approximate surface area is 381 Å². The van der Waals surface area contributed by atoms with Gasteiger partial charge in [0.2, 0.25) is 0 Å². The van der Waals surface area contributed by atoms with Gasteiger partial charge in [-0.2, -0.15) is 0 Å². The van der Waals surface area contributed by atoms with E-state index in [0.29, 0.717) is 0 Å². The van der Waals surface area contributed by atoms with Crippen LogP contribution in [0.2, 0.25) is 0 Å². The summed E-state index contributed by atoms with van der Waals surface area (Å²) in [5, 5.41) is 9.42. The number of furan rings is 1. The molecule has 1 aliphatic carbocycles. The molecule has 0 bridgehead atoms.